The average Bonchev–Trinajstić information content (AvgIpc) is 2.32. The molecule has 0 nitrogen and oxygen atoms in total. The van der Waals surface area contributed by atoms with Crippen molar-refractivity contribution in [3.05, 3.63) is 70.3 Å². The number of alkyl halides is 1. The fourth-order valence-corrected chi connectivity index (χ4v) is 2.51. The Morgan fingerprint density at radius 2 is 1.53 bits per heavy atom. The summed E-state index contributed by atoms with van der Waals surface area (Å²) >= 11 is 3.79. The monoisotopic (exact) mass is 288 g/mol. The van der Waals surface area contributed by atoms with E-state index < -0.39 is 0 Å². The van der Waals surface area contributed by atoms with Gasteiger partial charge in [0.25, 0.3) is 0 Å². The Morgan fingerprint density at radius 1 is 0.824 bits per heavy atom. The third-order valence-electron chi connectivity index (χ3n) is 3.16. The second-order valence-electron chi connectivity index (χ2n) is 4.62. The Morgan fingerprint density at radius 3 is 2.18 bits per heavy atom. The largest absolute Gasteiger partial charge is 0.0786 e. The molecule has 0 amide bonds. The fraction of sp³-hybridized carbons (Fsp3) is 0.250. The third-order valence-corrected chi connectivity index (χ3v) is 4.22. The standard InChI is InChI=1S/C16H17Br/c1-11-5-4-6-14(9-11)16(17)15-8-7-12(2)13(3)10-15/h4-10,16H,1-3H3. The van der Waals surface area contributed by atoms with Gasteiger partial charge >= 0.3 is 0 Å². The summed E-state index contributed by atoms with van der Waals surface area (Å²) < 4.78 is 0. The second-order valence-corrected chi connectivity index (χ2v) is 5.54. The maximum absolute atomic E-state index is 3.79. The lowest BCUT2D eigenvalue weighted by molar-refractivity contribution is 1.15. The molecule has 0 spiro atoms. The van der Waals surface area contributed by atoms with E-state index in [1.165, 1.54) is 27.8 Å². The van der Waals surface area contributed by atoms with E-state index in [9.17, 15) is 0 Å². The van der Waals surface area contributed by atoms with Gasteiger partial charge in [-0.25, -0.2) is 0 Å². The minimum Gasteiger partial charge on any atom is -0.0786 e. The molecular formula is C16H17Br. The number of aryl methyl sites for hydroxylation is 3. The zero-order chi connectivity index (χ0) is 12.4. The molecule has 1 atom stereocenters. The maximum atomic E-state index is 3.79. The van der Waals surface area contributed by atoms with E-state index in [-0.39, 0.29) is 4.83 Å². The van der Waals surface area contributed by atoms with E-state index >= 15 is 0 Å². The van der Waals surface area contributed by atoms with Crippen molar-refractivity contribution in [2.45, 2.75) is 25.6 Å². The van der Waals surface area contributed by atoms with Crippen LogP contribution in [0.15, 0.2) is 42.5 Å². The topological polar surface area (TPSA) is 0 Å². The lowest BCUT2D eigenvalue weighted by atomic mass is 9.99. The first-order chi connectivity index (χ1) is 8.08. The van der Waals surface area contributed by atoms with Crippen LogP contribution in [-0.4, -0.2) is 0 Å². The van der Waals surface area contributed by atoms with Crippen LogP contribution < -0.4 is 0 Å². The highest BCUT2D eigenvalue weighted by atomic mass is 79.9. The molecule has 0 aromatic heterocycles. The van der Waals surface area contributed by atoms with Gasteiger partial charge in [-0.2, -0.15) is 0 Å². The molecule has 17 heavy (non-hydrogen) atoms. The Kier molecular flexibility index (Phi) is 3.68. The average molecular weight is 289 g/mol. The lowest BCUT2D eigenvalue weighted by Gasteiger charge is -2.13. The van der Waals surface area contributed by atoms with Crippen molar-refractivity contribution in [1.82, 2.24) is 0 Å². The molecule has 88 valence electrons. The van der Waals surface area contributed by atoms with E-state index in [0.29, 0.717) is 0 Å². The maximum Gasteiger partial charge on any atom is 0.0644 e. The quantitative estimate of drug-likeness (QED) is 0.675. The summed E-state index contributed by atoms with van der Waals surface area (Å²) in [4.78, 5) is 0.279. The first-order valence-corrected chi connectivity index (χ1v) is 6.77. The van der Waals surface area contributed by atoms with Crippen molar-refractivity contribution in [2.75, 3.05) is 0 Å². The highest BCUT2D eigenvalue weighted by Crippen LogP contribution is 2.31. The SMILES string of the molecule is Cc1cccc(C(Br)c2ccc(C)c(C)c2)c1. The lowest BCUT2D eigenvalue weighted by Crippen LogP contribution is -1.94. The molecule has 2 rings (SSSR count). The number of hydrogen-bond acceptors (Lipinski definition) is 0. The second kappa shape index (κ2) is 5.05. The van der Waals surface area contributed by atoms with E-state index in [1.54, 1.807) is 0 Å². The third kappa shape index (κ3) is 2.78. The molecule has 0 saturated heterocycles. The van der Waals surface area contributed by atoms with Gasteiger partial charge in [-0.05, 0) is 43.0 Å². The van der Waals surface area contributed by atoms with Gasteiger partial charge in [0.15, 0.2) is 0 Å². The van der Waals surface area contributed by atoms with Crippen molar-refractivity contribution >= 4 is 15.9 Å². The molecule has 0 aliphatic carbocycles. The van der Waals surface area contributed by atoms with Gasteiger partial charge in [-0.15, -0.1) is 0 Å². The Labute approximate surface area is 112 Å². The number of benzene rings is 2. The normalized spacial score (nSPS) is 12.5. The van der Waals surface area contributed by atoms with E-state index in [1.807, 2.05) is 0 Å². The fourth-order valence-electron chi connectivity index (χ4n) is 1.94. The van der Waals surface area contributed by atoms with Gasteiger partial charge in [-0.3, -0.25) is 0 Å². The smallest absolute Gasteiger partial charge is 0.0644 e. The van der Waals surface area contributed by atoms with Gasteiger partial charge in [0.2, 0.25) is 0 Å². The van der Waals surface area contributed by atoms with Crippen LogP contribution in [0.1, 0.15) is 32.6 Å². The first-order valence-electron chi connectivity index (χ1n) is 5.85. The minimum atomic E-state index is 0.279. The summed E-state index contributed by atoms with van der Waals surface area (Å²) in [7, 11) is 0. The van der Waals surface area contributed by atoms with Crippen molar-refractivity contribution in [1.29, 1.82) is 0 Å². The molecule has 1 unspecified atom stereocenters. The van der Waals surface area contributed by atoms with E-state index in [0.717, 1.165) is 0 Å². The zero-order valence-electron chi connectivity index (χ0n) is 10.5. The van der Waals surface area contributed by atoms with Crippen molar-refractivity contribution in [3.8, 4) is 0 Å². The van der Waals surface area contributed by atoms with E-state index in [4.69, 9.17) is 0 Å². The summed E-state index contributed by atoms with van der Waals surface area (Å²) in [5.41, 5.74) is 6.63. The molecule has 0 bridgehead atoms. The van der Waals surface area contributed by atoms with Crippen molar-refractivity contribution in [3.63, 3.8) is 0 Å². The molecule has 0 N–H and O–H groups in total. The predicted octanol–water partition coefficient (Wildman–Crippen LogP) is 5.10. The molecule has 0 radical (unpaired) electrons. The van der Waals surface area contributed by atoms with Gasteiger partial charge in [0.05, 0.1) is 4.83 Å². The molecule has 0 heterocycles. The molecule has 1 heteroatoms. The molecule has 2 aromatic rings. The molecule has 0 saturated carbocycles. The molecule has 0 fully saturated rings. The molecule has 2 aromatic carbocycles. The van der Waals surface area contributed by atoms with Crippen LogP contribution in [-0.2, 0) is 0 Å². The van der Waals surface area contributed by atoms with Crippen LogP contribution in [0.25, 0.3) is 0 Å². The molecule has 0 aliphatic heterocycles. The highest BCUT2D eigenvalue weighted by Gasteiger charge is 2.10. The minimum absolute atomic E-state index is 0.279. The number of rotatable bonds is 2. The first kappa shape index (κ1) is 12.4. The van der Waals surface area contributed by atoms with E-state index in [2.05, 4.69) is 79.2 Å². The highest BCUT2D eigenvalue weighted by molar-refractivity contribution is 9.09. The van der Waals surface area contributed by atoms with Crippen LogP contribution in [0.3, 0.4) is 0 Å². The van der Waals surface area contributed by atoms with Crippen molar-refractivity contribution < 1.29 is 0 Å². The van der Waals surface area contributed by atoms with Gasteiger partial charge in [0.1, 0.15) is 0 Å². The molecule has 0 aliphatic rings. The van der Waals surface area contributed by atoms with Crippen LogP contribution >= 0.6 is 15.9 Å². The van der Waals surface area contributed by atoms with Crippen LogP contribution in [0.5, 0.6) is 0 Å². The van der Waals surface area contributed by atoms with Crippen molar-refractivity contribution in [2.24, 2.45) is 0 Å². The van der Waals surface area contributed by atoms with Gasteiger partial charge in [-0.1, -0.05) is 64.0 Å². The Balaban J connectivity index is 2.36. The summed E-state index contributed by atoms with van der Waals surface area (Å²) in [6.45, 7) is 6.44. The number of halogens is 1. The summed E-state index contributed by atoms with van der Waals surface area (Å²) in [6.07, 6.45) is 0. The van der Waals surface area contributed by atoms with Gasteiger partial charge in [0, 0.05) is 0 Å². The molecular weight excluding hydrogens is 272 g/mol. The van der Waals surface area contributed by atoms with Crippen LogP contribution in [0, 0.1) is 20.8 Å². The Bertz CT molecular complexity index is 529. The Hall–Kier alpha value is -1.08. The summed E-state index contributed by atoms with van der Waals surface area (Å²) in [5, 5.41) is 0. The van der Waals surface area contributed by atoms with Gasteiger partial charge < -0.3 is 0 Å². The zero-order valence-corrected chi connectivity index (χ0v) is 12.1. The van der Waals surface area contributed by atoms with Crippen LogP contribution in [0.2, 0.25) is 0 Å². The van der Waals surface area contributed by atoms with Crippen LogP contribution in [0.4, 0.5) is 0 Å². The summed E-state index contributed by atoms with van der Waals surface area (Å²) in [6, 6.07) is 15.3. The predicted molar refractivity (Wildman–Crippen MR) is 77.9 cm³/mol. The number of hydrogen-bond donors (Lipinski definition) is 0. The summed E-state index contributed by atoms with van der Waals surface area (Å²) in [5.74, 6) is 0.